The molecule has 0 fully saturated rings. The van der Waals surface area contributed by atoms with Crippen LogP contribution in [-0.2, 0) is 0 Å². The number of aromatic amines is 1. The third kappa shape index (κ3) is 2.23. The molecule has 8 heteroatoms. The maximum absolute atomic E-state index is 11.6. The van der Waals surface area contributed by atoms with Crippen molar-refractivity contribution in [3.8, 4) is 5.69 Å². The summed E-state index contributed by atoms with van der Waals surface area (Å²) in [7, 11) is 0. The van der Waals surface area contributed by atoms with Gasteiger partial charge in [-0.3, -0.25) is 4.98 Å². The Hall–Kier alpha value is -2.90. The van der Waals surface area contributed by atoms with Crippen molar-refractivity contribution in [2.24, 2.45) is 0 Å². The van der Waals surface area contributed by atoms with Crippen LogP contribution in [0.2, 0.25) is 0 Å². The summed E-state index contributed by atoms with van der Waals surface area (Å²) in [4.78, 5) is 35.3. The topological polar surface area (TPSA) is 125 Å². The summed E-state index contributed by atoms with van der Waals surface area (Å²) in [6.45, 7) is 1.66. The van der Waals surface area contributed by atoms with Crippen LogP contribution < -0.4 is 5.69 Å². The number of carboxylic acid groups (broad SMARTS) is 2. The van der Waals surface area contributed by atoms with Gasteiger partial charge >= 0.3 is 17.6 Å². The Morgan fingerprint density at radius 2 is 1.95 bits per heavy atom. The predicted molar refractivity (Wildman–Crippen MR) is 62.8 cm³/mol. The van der Waals surface area contributed by atoms with Crippen molar-refractivity contribution in [2.45, 2.75) is 6.92 Å². The summed E-state index contributed by atoms with van der Waals surface area (Å²) >= 11 is 0. The highest BCUT2D eigenvalue weighted by Gasteiger charge is 2.15. The van der Waals surface area contributed by atoms with Crippen LogP contribution in [0.4, 0.5) is 0 Å². The summed E-state index contributed by atoms with van der Waals surface area (Å²) in [6, 6.07) is 4.16. The van der Waals surface area contributed by atoms with Gasteiger partial charge < -0.3 is 10.2 Å². The first-order valence-electron chi connectivity index (χ1n) is 5.17. The van der Waals surface area contributed by atoms with E-state index in [1.807, 2.05) is 0 Å². The van der Waals surface area contributed by atoms with Gasteiger partial charge in [-0.05, 0) is 24.6 Å². The van der Waals surface area contributed by atoms with Gasteiger partial charge in [0.25, 0.3) is 0 Å². The first kappa shape index (κ1) is 12.6. The van der Waals surface area contributed by atoms with Crippen LogP contribution in [0.5, 0.6) is 0 Å². The summed E-state index contributed by atoms with van der Waals surface area (Å²) in [5, 5.41) is 21.2. The van der Waals surface area contributed by atoms with Crippen molar-refractivity contribution in [1.82, 2.24) is 14.8 Å². The van der Waals surface area contributed by atoms with Crippen LogP contribution in [0.3, 0.4) is 0 Å². The number of hydrogen-bond acceptors (Lipinski definition) is 4. The molecule has 0 saturated carbocycles. The number of nitrogens with one attached hydrogen (secondary N) is 1. The van der Waals surface area contributed by atoms with Crippen molar-refractivity contribution in [3.05, 3.63) is 45.6 Å². The molecule has 1 heterocycles. The lowest BCUT2D eigenvalue weighted by molar-refractivity contribution is 0.0677. The molecule has 0 atom stereocenters. The fourth-order valence-corrected chi connectivity index (χ4v) is 1.55. The minimum atomic E-state index is -1.37. The van der Waals surface area contributed by atoms with E-state index < -0.39 is 23.5 Å². The molecule has 1 aromatic heterocycles. The van der Waals surface area contributed by atoms with Gasteiger partial charge in [-0.2, -0.15) is 4.68 Å². The lowest BCUT2D eigenvalue weighted by atomic mass is 10.1. The number of aryl methyl sites for hydroxylation is 1. The van der Waals surface area contributed by atoms with Crippen molar-refractivity contribution in [2.75, 3.05) is 0 Å². The molecule has 0 radical (unpaired) electrons. The number of hydrogen-bond donors (Lipinski definition) is 3. The second-order valence-corrected chi connectivity index (χ2v) is 3.80. The third-order valence-corrected chi connectivity index (χ3v) is 2.50. The molecule has 98 valence electrons. The van der Waals surface area contributed by atoms with Crippen LogP contribution >= 0.6 is 0 Å². The second-order valence-electron chi connectivity index (χ2n) is 3.80. The SMILES string of the molecule is Cc1ccc(C(=O)O)cc1-n1nc(C(=O)O)[nH]c1=O. The van der Waals surface area contributed by atoms with Crippen molar-refractivity contribution < 1.29 is 19.8 Å². The zero-order valence-electron chi connectivity index (χ0n) is 9.75. The Kier molecular flexibility index (Phi) is 2.91. The van der Waals surface area contributed by atoms with Gasteiger partial charge in [0.05, 0.1) is 11.3 Å². The Balaban J connectivity index is 2.64. The van der Waals surface area contributed by atoms with Gasteiger partial charge in [-0.1, -0.05) is 6.07 Å². The van der Waals surface area contributed by atoms with Crippen LogP contribution in [0.25, 0.3) is 5.69 Å². The number of nitrogens with zero attached hydrogens (tertiary/aromatic N) is 2. The van der Waals surface area contributed by atoms with Gasteiger partial charge in [0.15, 0.2) is 0 Å². The molecule has 0 aliphatic rings. The van der Waals surface area contributed by atoms with Crippen molar-refractivity contribution >= 4 is 11.9 Å². The van der Waals surface area contributed by atoms with E-state index in [2.05, 4.69) is 10.1 Å². The zero-order valence-corrected chi connectivity index (χ0v) is 9.75. The van der Waals surface area contributed by atoms with E-state index in [4.69, 9.17) is 10.2 Å². The van der Waals surface area contributed by atoms with E-state index >= 15 is 0 Å². The largest absolute Gasteiger partial charge is 0.478 e. The van der Waals surface area contributed by atoms with E-state index in [9.17, 15) is 14.4 Å². The fraction of sp³-hybridized carbons (Fsp3) is 0.0909. The number of aromatic carboxylic acids is 2. The maximum atomic E-state index is 11.6. The summed E-state index contributed by atoms with van der Waals surface area (Å²) < 4.78 is 0.825. The molecule has 1 aromatic carbocycles. The van der Waals surface area contributed by atoms with E-state index in [-0.39, 0.29) is 11.3 Å². The van der Waals surface area contributed by atoms with Gasteiger partial charge in [-0.15, -0.1) is 5.10 Å². The number of benzene rings is 1. The number of carboxylic acids is 2. The van der Waals surface area contributed by atoms with E-state index in [0.29, 0.717) is 5.56 Å². The fourth-order valence-electron chi connectivity index (χ4n) is 1.55. The Morgan fingerprint density at radius 3 is 2.47 bits per heavy atom. The number of aromatic nitrogens is 3. The molecule has 2 aromatic rings. The number of rotatable bonds is 3. The van der Waals surface area contributed by atoms with Crippen molar-refractivity contribution in [3.63, 3.8) is 0 Å². The molecule has 8 nitrogen and oxygen atoms in total. The molecule has 0 aliphatic carbocycles. The van der Waals surface area contributed by atoms with Gasteiger partial charge in [0.1, 0.15) is 0 Å². The zero-order chi connectivity index (χ0) is 14.2. The highest BCUT2D eigenvalue weighted by Crippen LogP contribution is 2.14. The van der Waals surface area contributed by atoms with Gasteiger partial charge in [0.2, 0.25) is 5.82 Å². The standard InChI is InChI=1S/C11H9N3O5/c1-5-2-3-6(9(15)16)4-7(5)14-11(19)12-8(13-14)10(17)18/h2-4H,1H3,(H,15,16)(H,17,18)(H,12,13,19). The molecule has 0 spiro atoms. The van der Waals surface area contributed by atoms with Crippen LogP contribution in [0.15, 0.2) is 23.0 Å². The van der Waals surface area contributed by atoms with Gasteiger partial charge in [-0.25, -0.2) is 14.4 Å². The second kappa shape index (κ2) is 4.41. The summed E-state index contributed by atoms with van der Waals surface area (Å²) in [5.74, 6) is -3.03. The lowest BCUT2D eigenvalue weighted by Crippen LogP contribution is -2.17. The number of carbonyl (C=O) groups is 2. The highest BCUT2D eigenvalue weighted by atomic mass is 16.4. The molecule has 0 unspecified atom stereocenters. The van der Waals surface area contributed by atoms with Crippen LogP contribution in [0.1, 0.15) is 26.5 Å². The lowest BCUT2D eigenvalue weighted by Gasteiger charge is -2.05. The molecular formula is C11H9N3O5. The Bertz CT molecular complexity index is 728. The molecule has 0 bridgehead atoms. The summed E-state index contributed by atoms with van der Waals surface area (Å²) in [6.07, 6.45) is 0. The van der Waals surface area contributed by atoms with E-state index in [1.165, 1.54) is 18.2 Å². The first-order chi connectivity index (χ1) is 8.90. The smallest absolute Gasteiger partial charge is 0.373 e. The average molecular weight is 263 g/mol. The molecule has 0 amide bonds. The van der Waals surface area contributed by atoms with Crippen LogP contribution in [-0.4, -0.2) is 36.9 Å². The monoisotopic (exact) mass is 263 g/mol. The number of H-pyrrole nitrogens is 1. The predicted octanol–water partition coefficient (Wildman–Crippen LogP) is 0.265. The molecule has 3 N–H and O–H groups in total. The normalized spacial score (nSPS) is 10.4. The molecule has 0 saturated heterocycles. The molecule has 19 heavy (non-hydrogen) atoms. The van der Waals surface area contributed by atoms with E-state index in [1.54, 1.807) is 6.92 Å². The maximum Gasteiger partial charge on any atom is 0.373 e. The first-order valence-corrected chi connectivity index (χ1v) is 5.17. The minimum Gasteiger partial charge on any atom is -0.478 e. The van der Waals surface area contributed by atoms with Crippen molar-refractivity contribution in [1.29, 1.82) is 0 Å². The summed E-state index contributed by atoms with van der Waals surface area (Å²) in [5.41, 5.74) is 0.0413. The molecule has 2 rings (SSSR count). The quantitative estimate of drug-likeness (QED) is 0.729. The van der Waals surface area contributed by atoms with E-state index in [0.717, 1.165) is 4.68 Å². The third-order valence-electron chi connectivity index (χ3n) is 2.50. The molecular weight excluding hydrogens is 254 g/mol. The molecule has 0 aliphatic heterocycles. The van der Waals surface area contributed by atoms with Gasteiger partial charge in [0, 0.05) is 0 Å². The Morgan fingerprint density at radius 1 is 1.26 bits per heavy atom. The highest BCUT2D eigenvalue weighted by molar-refractivity contribution is 5.88. The minimum absolute atomic E-state index is 0.0209. The van der Waals surface area contributed by atoms with Crippen LogP contribution in [0, 0.1) is 6.92 Å². The Labute approximate surface area is 105 Å². The average Bonchev–Trinajstić information content (AvgIpc) is 2.72.